The second-order valence-corrected chi connectivity index (χ2v) is 6.86. The maximum Gasteiger partial charge on any atom is 0.222 e. The monoisotopic (exact) mass is 295 g/mol. The fraction of sp³-hybridized carbons (Fsp3) is 0.875. The molecule has 0 spiro atoms. The van der Waals surface area contributed by atoms with Gasteiger partial charge >= 0.3 is 0 Å². The number of carbonyl (C=O) groups excluding carboxylic acids is 1. The Kier molecular flexibility index (Phi) is 7.13. The number of piperidine rings is 1. The summed E-state index contributed by atoms with van der Waals surface area (Å²) < 4.78 is 0. The van der Waals surface area contributed by atoms with E-state index < -0.39 is 0 Å². The van der Waals surface area contributed by atoms with Gasteiger partial charge in [-0.1, -0.05) is 27.7 Å². The fourth-order valence-electron chi connectivity index (χ4n) is 2.79. The Hall–Kier alpha value is -1.12. The van der Waals surface area contributed by atoms with Crippen molar-refractivity contribution in [3.05, 3.63) is 0 Å². The lowest BCUT2D eigenvalue weighted by Crippen LogP contribution is -2.52. The molecule has 1 aliphatic heterocycles. The van der Waals surface area contributed by atoms with Crippen molar-refractivity contribution in [1.82, 2.24) is 10.2 Å². The van der Waals surface area contributed by atoms with Gasteiger partial charge in [0.25, 0.3) is 0 Å². The Labute approximate surface area is 128 Å². The first-order valence-corrected chi connectivity index (χ1v) is 7.91. The molecule has 0 saturated carbocycles. The SMILES string of the molecule is CC(C)C(=O)NC1CC(CC(O)C(C)C)CN(CC#N)C1. The Morgan fingerprint density at radius 3 is 2.57 bits per heavy atom. The second kappa shape index (κ2) is 8.35. The smallest absolute Gasteiger partial charge is 0.222 e. The highest BCUT2D eigenvalue weighted by atomic mass is 16.3. The Morgan fingerprint density at radius 2 is 2.05 bits per heavy atom. The quantitative estimate of drug-likeness (QED) is 0.726. The van der Waals surface area contributed by atoms with E-state index in [0.717, 1.165) is 25.9 Å². The summed E-state index contributed by atoms with van der Waals surface area (Å²) in [5.74, 6) is 0.583. The number of aliphatic hydroxyl groups is 1. The van der Waals surface area contributed by atoms with Crippen LogP contribution in [0.3, 0.4) is 0 Å². The van der Waals surface area contributed by atoms with Gasteiger partial charge in [0.15, 0.2) is 0 Å². The highest BCUT2D eigenvalue weighted by Gasteiger charge is 2.30. The topological polar surface area (TPSA) is 76.4 Å². The maximum absolute atomic E-state index is 11.9. The fourth-order valence-corrected chi connectivity index (χ4v) is 2.79. The Balaban J connectivity index is 2.64. The van der Waals surface area contributed by atoms with Crippen LogP contribution in [0.4, 0.5) is 0 Å². The summed E-state index contributed by atoms with van der Waals surface area (Å²) in [6.07, 6.45) is 1.29. The molecule has 0 aliphatic carbocycles. The molecule has 1 rings (SSSR count). The third kappa shape index (κ3) is 6.03. The van der Waals surface area contributed by atoms with Crippen LogP contribution in [0.2, 0.25) is 0 Å². The highest BCUT2D eigenvalue weighted by Crippen LogP contribution is 2.23. The number of hydrogen-bond acceptors (Lipinski definition) is 4. The van der Waals surface area contributed by atoms with Crippen LogP contribution in [0.25, 0.3) is 0 Å². The summed E-state index contributed by atoms with van der Waals surface area (Å²) in [4.78, 5) is 13.9. The number of hydrogen-bond donors (Lipinski definition) is 2. The molecule has 21 heavy (non-hydrogen) atoms. The molecule has 0 aromatic rings. The molecule has 0 aromatic carbocycles. The molecule has 1 amide bonds. The van der Waals surface area contributed by atoms with E-state index in [9.17, 15) is 9.90 Å². The highest BCUT2D eigenvalue weighted by molar-refractivity contribution is 5.78. The van der Waals surface area contributed by atoms with Crippen LogP contribution < -0.4 is 5.32 Å². The van der Waals surface area contributed by atoms with Crippen molar-refractivity contribution >= 4 is 5.91 Å². The van der Waals surface area contributed by atoms with Crippen molar-refractivity contribution < 1.29 is 9.90 Å². The van der Waals surface area contributed by atoms with E-state index in [-0.39, 0.29) is 29.9 Å². The zero-order valence-electron chi connectivity index (χ0n) is 13.7. The van der Waals surface area contributed by atoms with Gasteiger partial charge in [-0.15, -0.1) is 0 Å². The predicted molar refractivity (Wildman–Crippen MR) is 82.4 cm³/mol. The standard InChI is InChI=1S/C16H29N3O2/c1-11(2)15(20)8-13-7-14(18-16(21)12(3)4)10-19(9-13)6-5-17/h11-15,20H,6-10H2,1-4H3,(H,18,21). The molecule has 1 heterocycles. The molecule has 0 bridgehead atoms. The zero-order chi connectivity index (χ0) is 16.0. The first-order chi connectivity index (χ1) is 9.83. The van der Waals surface area contributed by atoms with Crippen LogP contribution >= 0.6 is 0 Å². The number of likely N-dealkylation sites (tertiary alicyclic amines) is 1. The molecule has 1 saturated heterocycles. The Bertz CT molecular complexity index is 376. The molecule has 120 valence electrons. The summed E-state index contributed by atoms with van der Waals surface area (Å²) in [5, 5.41) is 22.1. The largest absolute Gasteiger partial charge is 0.393 e. The van der Waals surface area contributed by atoms with E-state index in [0.29, 0.717) is 12.5 Å². The summed E-state index contributed by atoms with van der Waals surface area (Å²) in [6.45, 7) is 9.71. The van der Waals surface area contributed by atoms with Gasteiger partial charge in [0, 0.05) is 25.0 Å². The number of amides is 1. The minimum absolute atomic E-state index is 0.0314. The van der Waals surface area contributed by atoms with Crippen LogP contribution in [-0.2, 0) is 4.79 Å². The van der Waals surface area contributed by atoms with Gasteiger partial charge in [-0.3, -0.25) is 9.69 Å². The molecule has 2 N–H and O–H groups in total. The number of nitrogens with zero attached hydrogens (tertiary/aromatic N) is 2. The van der Waals surface area contributed by atoms with Gasteiger partial charge in [0.2, 0.25) is 5.91 Å². The van der Waals surface area contributed by atoms with E-state index in [1.54, 1.807) is 0 Å². The molecule has 3 atom stereocenters. The van der Waals surface area contributed by atoms with Gasteiger partial charge in [0.1, 0.15) is 0 Å². The minimum Gasteiger partial charge on any atom is -0.393 e. The number of nitrogens with one attached hydrogen (secondary N) is 1. The van der Waals surface area contributed by atoms with Crippen LogP contribution in [-0.4, -0.2) is 47.7 Å². The number of carbonyl (C=O) groups is 1. The van der Waals surface area contributed by atoms with Crippen molar-refractivity contribution in [3.8, 4) is 6.07 Å². The van der Waals surface area contributed by atoms with Crippen LogP contribution in [0, 0.1) is 29.1 Å². The summed E-state index contributed by atoms with van der Waals surface area (Å²) in [7, 11) is 0. The molecule has 0 radical (unpaired) electrons. The normalized spacial score (nSPS) is 24.9. The molecule has 1 fully saturated rings. The molecule has 1 aliphatic rings. The molecule has 5 nitrogen and oxygen atoms in total. The van der Waals surface area contributed by atoms with Crippen LogP contribution in [0.1, 0.15) is 40.5 Å². The number of nitriles is 1. The molecular weight excluding hydrogens is 266 g/mol. The lowest BCUT2D eigenvalue weighted by atomic mass is 9.86. The summed E-state index contributed by atoms with van der Waals surface area (Å²) in [6, 6.07) is 2.26. The molecule has 5 heteroatoms. The second-order valence-electron chi connectivity index (χ2n) is 6.86. The number of rotatable bonds is 6. The molecular formula is C16H29N3O2. The van der Waals surface area contributed by atoms with Gasteiger partial charge in [-0.2, -0.15) is 5.26 Å². The van der Waals surface area contributed by atoms with Gasteiger partial charge in [0.05, 0.1) is 18.7 Å². The average molecular weight is 295 g/mol. The summed E-state index contributed by atoms with van der Waals surface area (Å²) in [5.41, 5.74) is 0. The van der Waals surface area contributed by atoms with Crippen molar-refractivity contribution in [2.24, 2.45) is 17.8 Å². The van der Waals surface area contributed by atoms with Crippen molar-refractivity contribution in [1.29, 1.82) is 5.26 Å². The van der Waals surface area contributed by atoms with Crippen LogP contribution in [0.15, 0.2) is 0 Å². The average Bonchev–Trinajstić information content (AvgIpc) is 2.38. The first kappa shape index (κ1) is 17.9. The summed E-state index contributed by atoms with van der Waals surface area (Å²) >= 11 is 0. The molecule has 3 unspecified atom stereocenters. The first-order valence-electron chi connectivity index (χ1n) is 7.91. The van der Waals surface area contributed by atoms with E-state index in [4.69, 9.17) is 5.26 Å². The van der Waals surface area contributed by atoms with E-state index in [1.807, 2.05) is 27.7 Å². The van der Waals surface area contributed by atoms with Crippen LogP contribution in [0.5, 0.6) is 0 Å². The lowest BCUT2D eigenvalue weighted by Gasteiger charge is -2.38. The zero-order valence-corrected chi connectivity index (χ0v) is 13.7. The van der Waals surface area contributed by atoms with Crippen molar-refractivity contribution in [2.75, 3.05) is 19.6 Å². The maximum atomic E-state index is 11.9. The Morgan fingerprint density at radius 1 is 1.38 bits per heavy atom. The minimum atomic E-state index is -0.321. The third-order valence-corrected chi connectivity index (χ3v) is 4.12. The van der Waals surface area contributed by atoms with E-state index in [1.165, 1.54) is 0 Å². The lowest BCUT2D eigenvalue weighted by molar-refractivity contribution is -0.125. The van der Waals surface area contributed by atoms with Crippen molar-refractivity contribution in [2.45, 2.75) is 52.7 Å². The van der Waals surface area contributed by atoms with E-state index >= 15 is 0 Å². The predicted octanol–water partition coefficient (Wildman–Crippen LogP) is 1.38. The van der Waals surface area contributed by atoms with E-state index in [2.05, 4.69) is 16.3 Å². The van der Waals surface area contributed by atoms with Crippen molar-refractivity contribution in [3.63, 3.8) is 0 Å². The number of aliphatic hydroxyl groups excluding tert-OH is 1. The van der Waals surface area contributed by atoms with Gasteiger partial charge in [-0.25, -0.2) is 0 Å². The third-order valence-electron chi connectivity index (χ3n) is 4.12. The molecule has 0 aromatic heterocycles. The van der Waals surface area contributed by atoms with Gasteiger partial charge < -0.3 is 10.4 Å². The van der Waals surface area contributed by atoms with Gasteiger partial charge in [-0.05, 0) is 24.7 Å².